The predicted molar refractivity (Wildman–Crippen MR) is 55.1 cm³/mol. The summed E-state index contributed by atoms with van der Waals surface area (Å²) in [5.74, 6) is 1.24. The van der Waals surface area contributed by atoms with Crippen LogP contribution in [0.5, 0.6) is 11.5 Å². The van der Waals surface area contributed by atoms with Crippen molar-refractivity contribution in [3.05, 3.63) is 23.8 Å². The highest BCUT2D eigenvalue weighted by molar-refractivity contribution is 6.27. The predicted octanol–water partition coefficient (Wildman–Crippen LogP) is 1.27. The number of rotatable bonds is 3. The largest absolute Gasteiger partial charge is 0.454 e. The van der Waals surface area contributed by atoms with Crippen molar-refractivity contribution in [3.8, 4) is 11.5 Å². The first-order chi connectivity index (χ1) is 7.29. The van der Waals surface area contributed by atoms with Crippen LogP contribution in [0.2, 0.25) is 0 Å². The SMILES string of the molecule is O=C(CCl)NCc1ccc2c(c1)OCO2. The van der Waals surface area contributed by atoms with Crippen molar-refractivity contribution in [2.75, 3.05) is 12.7 Å². The molecule has 15 heavy (non-hydrogen) atoms. The van der Waals surface area contributed by atoms with Gasteiger partial charge in [-0.25, -0.2) is 0 Å². The second-order valence-corrected chi connectivity index (χ2v) is 3.37. The van der Waals surface area contributed by atoms with Crippen LogP contribution >= 0.6 is 11.6 Å². The maximum absolute atomic E-state index is 10.9. The van der Waals surface area contributed by atoms with E-state index >= 15 is 0 Å². The summed E-state index contributed by atoms with van der Waals surface area (Å²) in [6.07, 6.45) is 0. The maximum Gasteiger partial charge on any atom is 0.235 e. The fourth-order valence-electron chi connectivity index (χ4n) is 1.30. The number of alkyl halides is 1. The smallest absolute Gasteiger partial charge is 0.235 e. The first-order valence-corrected chi connectivity index (χ1v) is 5.04. The number of halogens is 1. The summed E-state index contributed by atoms with van der Waals surface area (Å²) in [5.41, 5.74) is 0.956. The zero-order chi connectivity index (χ0) is 10.7. The third-order valence-corrected chi connectivity index (χ3v) is 2.29. The van der Waals surface area contributed by atoms with E-state index in [1.165, 1.54) is 0 Å². The summed E-state index contributed by atoms with van der Waals surface area (Å²) < 4.78 is 10.4. The molecule has 0 saturated heterocycles. The maximum atomic E-state index is 10.9. The number of benzene rings is 1. The minimum atomic E-state index is -0.186. The van der Waals surface area contributed by atoms with Crippen molar-refractivity contribution in [1.82, 2.24) is 5.32 Å². The zero-order valence-corrected chi connectivity index (χ0v) is 8.71. The van der Waals surface area contributed by atoms with E-state index in [2.05, 4.69) is 5.32 Å². The Morgan fingerprint density at radius 3 is 3.00 bits per heavy atom. The van der Waals surface area contributed by atoms with E-state index in [1.807, 2.05) is 18.2 Å². The number of carbonyl (C=O) groups is 1. The lowest BCUT2D eigenvalue weighted by atomic mass is 10.2. The number of ether oxygens (including phenoxy) is 2. The monoisotopic (exact) mass is 227 g/mol. The quantitative estimate of drug-likeness (QED) is 0.792. The highest BCUT2D eigenvalue weighted by Crippen LogP contribution is 2.32. The molecule has 0 bridgehead atoms. The number of hydrogen-bond donors (Lipinski definition) is 1. The van der Waals surface area contributed by atoms with Gasteiger partial charge in [-0.05, 0) is 17.7 Å². The molecule has 0 spiro atoms. The van der Waals surface area contributed by atoms with Crippen LogP contribution in [-0.4, -0.2) is 18.6 Å². The van der Waals surface area contributed by atoms with Crippen LogP contribution in [0, 0.1) is 0 Å². The van der Waals surface area contributed by atoms with Crippen LogP contribution in [0.15, 0.2) is 18.2 Å². The van der Waals surface area contributed by atoms with Gasteiger partial charge in [0, 0.05) is 6.54 Å². The number of amides is 1. The third-order valence-electron chi connectivity index (χ3n) is 2.05. The summed E-state index contributed by atoms with van der Waals surface area (Å²) >= 11 is 5.36. The minimum Gasteiger partial charge on any atom is -0.454 e. The molecule has 1 aliphatic heterocycles. The molecule has 1 aliphatic rings. The van der Waals surface area contributed by atoms with Crippen molar-refractivity contribution >= 4 is 17.5 Å². The number of nitrogens with one attached hydrogen (secondary N) is 1. The van der Waals surface area contributed by atoms with Crippen molar-refractivity contribution in [3.63, 3.8) is 0 Å². The highest BCUT2D eigenvalue weighted by Gasteiger charge is 2.13. The molecule has 1 N–H and O–H groups in total. The number of carbonyl (C=O) groups excluding carboxylic acids is 1. The molecule has 0 aromatic heterocycles. The van der Waals surface area contributed by atoms with Gasteiger partial charge in [0.25, 0.3) is 0 Å². The van der Waals surface area contributed by atoms with Crippen molar-refractivity contribution < 1.29 is 14.3 Å². The first-order valence-electron chi connectivity index (χ1n) is 4.51. The van der Waals surface area contributed by atoms with Crippen LogP contribution in [0.3, 0.4) is 0 Å². The second kappa shape index (κ2) is 4.40. The van der Waals surface area contributed by atoms with Crippen LogP contribution in [0.1, 0.15) is 5.56 Å². The molecule has 0 saturated carbocycles. The summed E-state index contributed by atoms with van der Waals surface area (Å²) in [6, 6.07) is 5.55. The van der Waals surface area contributed by atoms with E-state index in [0.717, 1.165) is 11.3 Å². The fraction of sp³-hybridized carbons (Fsp3) is 0.300. The normalized spacial score (nSPS) is 12.6. The van der Waals surface area contributed by atoms with Gasteiger partial charge in [0.05, 0.1) is 0 Å². The van der Waals surface area contributed by atoms with E-state index < -0.39 is 0 Å². The molecular formula is C10H10ClNO3. The Morgan fingerprint density at radius 1 is 1.40 bits per heavy atom. The first kappa shape index (κ1) is 10.1. The van der Waals surface area contributed by atoms with Crippen molar-refractivity contribution in [2.45, 2.75) is 6.54 Å². The van der Waals surface area contributed by atoms with E-state index in [4.69, 9.17) is 21.1 Å². The molecule has 0 unspecified atom stereocenters. The summed E-state index contributed by atoms with van der Waals surface area (Å²) in [6.45, 7) is 0.703. The van der Waals surface area contributed by atoms with Crippen LogP contribution in [-0.2, 0) is 11.3 Å². The van der Waals surface area contributed by atoms with Gasteiger partial charge in [-0.2, -0.15) is 0 Å². The standard InChI is InChI=1S/C10H10ClNO3/c11-4-10(13)12-5-7-1-2-8-9(3-7)15-6-14-8/h1-3H,4-6H2,(H,12,13). The second-order valence-electron chi connectivity index (χ2n) is 3.10. The molecule has 1 aromatic rings. The Kier molecular flexibility index (Phi) is 2.97. The van der Waals surface area contributed by atoms with Gasteiger partial charge in [-0.15, -0.1) is 11.6 Å². The van der Waals surface area contributed by atoms with Gasteiger partial charge in [0.15, 0.2) is 11.5 Å². The molecule has 1 aromatic carbocycles. The molecule has 5 heteroatoms. The Balaban J connectivity index is 2.01. The molecule has 0 atom stereocenters. The van der Waals surface area contributed by atoms with E-state index in [0.29, 0.717) is 12.3 Å². The lowest BCUT2D eigenvalue weighted by molar-refractivity contribution is -0.118. The van der Waals surface area contributed by atoms with Gasteiger partial charge in [0.1, 0.15) is 5.88 Å². The average molecular weight is 228 g/mol. The topological polar surface area (TPSA) is 47.6 Å². The molecule has 0 aliphatic carbocycles. The molecule has 1 heterocycles. The van der Waals surface area contributed by atoms with Crippen LogP contribution in [0.25, 0.3) is 0 Å². The zero-order valence-electron chi connectivity index (χ0n) is 7.96. The van der Waals surface area contributed by atoms with Gasteiger partial charge >= 0.3 is 0 Å². The molecule has 2 rings (SSSR count). The van der Waals surface area contributed by atoms with Crippen molar-refractivity contribution in [2.24, 2.45) is 0 Å². The Labute approximate surface area is 92.1 Å². The average Bonchev–Trinajstić information content (AvgIpc) is 2.72. The molecule has 4 nitrogen and oxygen atoms in total. The highest BCUT2D eigenvalue weighted by atomic mass is 35.5. The Bertz CT molecular complexity index is 381. The van der Waals surface area contributed by atoms with Gasteiger partial charge in [-0.3, -0.25) is 4.79 Å². The Morgan fingerprint density at radius 2 is 2.20 bits per heavy atom. The van der Waals surface area contributed by atoms with Crippen LogP contribution < -0.4 is 14.8 Å². The van der Waals surface area contributed by atoms with Gasteiger partial charge in [0.2, 0.25) is 12.7 Å². The molecule has 0 radical (unpaired) electrons. The molecule has 80 valence electrons. The van der Waals surface area contributed by atoms with Crippen molar-refractivity contribution in [1.29, 1.82) is 0 Å². The molecule has 0 fully saturated rings. The van der Waals surface area contributed by atoms with E-state index in [1.54, 1.807) is 0 Å². The van der Waals surface area contributed by atoms with E-state index in [-0.39, 0.29) is 18.6 Å². The lowest BCUT2D eigenvalue weighted by Crippen LogP contribution is -2.23. The van der Waals surface area contributed by atoms with Crippen LogP contribution in [0.4, 0.5) is 0 Å². The minimum absolute atomic E-state index is 0.0233. The number of fused-ring (bicyclic) bond motifs is 1. The fourth-order valence-corrected chi connectivity index (χ4v) is 1.39. The summed E-state index contributed by atoms with van der Waals surface area (Å²) in [5, 5.41) is 2.67. The van der Waals surface area contributed by atoms with Gasteiger partial charge in [-0.1, -0.05) is 6.07 Å². The summed E-state index contributed by atoms with van der Waals surface area (Å²) in [4.78, 5) is 10.9. The molecular weight excluding hydrogens is 218 g/mol. The number of hydrogen-bond acceptors (Lipinski definition) is 3. The van der Waals surface area contributed by atoms with Gasteiger partial charge < -0.3 is 14.8 Å². The lowest BCUT2D eigenvalue weighted by Gasteiger charge is -2.04. The molecule has 1 amide bonds. The van der Waals surface area contributed by atoms with E-state index in [9.17, 15) is 4.79 Å². The summed E-state index contributed by atoms with van der Waals surface area (Å²) in [7, 11) is 0. The third kappa shape index (κ3) is 2.33. The Hall–Kier alpha value is -1.42.